The molecule has 1 aromatic heterocycles. The molecule has 10 heteroatoms. The summed E-state index contributed by atoms with van der Waals surface area (Å²) >= 11 is 12.3. The standard InChI is InChI=1S/C25H29Cl2F3N4O/c1-12(2)16-7-5-13(3)9-19(16)32-24(35)22-14(4)31-21-11-20(25(28,29)30)33-34(21)23(22)15-6-8-17(26)18(27)10-15/h6,8,10-13,16,19,23,31H,5,7,9H2,1-4H3,(H,32,35)/t13-,16+,19-,23?/m0/s1. The van der Waals surface area contributed by atoms with Gasteiger partial charge in [-0.1, -0.05) is 56.5 Å². The average molecular weight is 529 g/mol. The van der Waals surface area contributed by atoms with Crippen LogP contribution in [-0.2, 0) is 11.0 Å². The molecule has 35 heavy (non-hydrogen) atoms. The monoisotopic (exact) mass is 528 g/mol. The maximum Gasteiger partial charge on any atom is 0.435 e. The molecular formula is C25H29Cl2F3N4O. The molecule has 2 aromatic rings. The van der Waals surface area contributed by atoms with Crippen molar-refractivity contribution in [1.82, 2.24) is 15.1 Å². The number of carbonyl (C=O) groups is 1. The van der Waals surface area contributed by atoms with Gasteiger partial charge in [0.05, 0.1) is 15.6 Å². The Balaban J connectivity index is 1.77. The SMILES string of the molecule is CC1=C(C(=O)N[C@H]2C[C@@H](C)CC[C@@H]2C(C)C)C(c2ccc(Cl)c(Cl)c2)n2nc(C(F)(F)F)cc2N1. The van der Waals surface area contributed by atoms with E-state index in [9.17, 15) is 18.0 Å². The third-order valence-corrected chi connectivity index (χ3v) is 7.85. The summed E-state index contributed by atoms with van der Waals surface area (Å²) in [5.41, 5.74) is 0.236. The van der Waals surface area contributed by atoms with Crippen LogP contribution in [0.15, 0.2) is 35.5 Å². The molecule has 2 N–H and O–H groups in total. The number of benzene rings is 1. The molecule has 0 saturated heterocycles. The molecule has 1 aliphatic carbocycles. The van der Waals surface area contributed by atoms with Gasteiger partial charge in [0.15, 0.2) is 5.69 Å². The number of hydrogen-bond donors (Lipinski definition) is 2. The predicted molar refractivity (Wildman–Crippen MR) is 131 cm³/mol. The maximum absolute atomic E-state index is 13.8. The van der Waals surface area contributed by atoms with Crippen molar-refractivity contribution < 1.29 is 18.0 Å². The number of anilines is 1. The van der Waals surface area contributed by atoms with E-state index in [1.165, 1.54) is 4.68 Å². The van der Waals surface area contributed by atoms with Crippen molar-refractivity contribution in [2.24, 2.45) is 17.8 Å². The Bertz CT molecular complexity index is 1160. The number of allylic oxidation sites excluding steroid dienone is 1. The van der Waals surface area contributed by atoms with Gasteiger partial charge in [-0.05, 0) is 55.2 Å². The van der Waals surface area contributed by atoms with Crippen molar-refractivity contribution in [3.8, 4) is 0 Å². The third-order valence-electron chi connectivity index (χ3n) is 7.11. The van der Waals surface area contributed by atoms with Gasteiger partial charge in [0, 0.05) is 17.8 Å². The number of nitrogens with one attached hydrogen (secondary N) is 2. The van der Waals surface area contributed by atoms with Crippen molar-refractivity contribution >= 4 is 34.9 Å². The Labute approximate surface area is 213 Å². The van der Waals surface area contributed by atoms with Crippen LogP contribution in [0.5, 0.6) is 0 Å². The molecule has 1 saturated carbocycles. The van der Waals surface area contributed by atoms with Gasteiger partial charge in [-0.25, -0.2) is 4.68 Å². The Hall–Kier alpha value is -2.19. The summed E-state index contributed by atoms with van der Waals surface area (Å²) in [6, 6.07) is 4.81. The first-order chi connectivity index (χ1) is 16.4. The van der Waals surface area contributed by atoms with Crippen LogP contribution in [0, 0.1) is 17.8 Å². The first-order valence-corrected chi connectivity index (χ1v) is 12.5. The minimum atomic E-state index is -4.63. The summed E-state index contributed by atoms with van der Waals surface area (Å²) in [7, 11) is 0. The molecule has 0 bridgehead atoms. The van der Waals surface area contributed by atoms with E-state index in [0.29, 0.717) is 39.6 Å². The van der Waals surface area contributed by atoms with Gasteiger partial charge in [-0.3, -0.25) is 4.79 Å². The molecule has 190 valence electrons. The molecule has 5 nitrogen and oxygen atoms in total. The zero-order valence-corrected chi connectivity index (χ0v) is 21.5. The van der Waals surface area contributed by atoms with Crippen molar-refractivity contribution in [2.45, 2.75) is 65.2 Å². The number of aromatic nitrogens is 2. The number of rotatable bonds is 4. The molecule has 2 aliphatic rings. The van der Waals surface area contributed by atoms with E-state index in [2.05, 4.69) is 36.5 Å². The van der Waals surface area contributed by atoms with Gasteiger partial charge in [0.2, 0.25) is 0 Å². The van der Waals surface area contributed by atoms with E-state index >= 15 is 0 Å². The highest BCUT2D eigenvalue weighted by atomic mass is 35.5. The summed E-state index contributed by atoms with van der Waals surface area (Å²) in [6.07, 6.45) is -1.64. The van der Waals surface area contributed by atoms with Crippen molar-refractivity contribution in [2.75, 3.05) is 5.32 Å². The van der Waals surface area contributed by atoms with Crippen molar-refractivity contribution in [3.05, 3.63) is 56.8 Å². The highest BCUT2D eigenvalue weighted by Crippen LogP contribution is 2.41. The third kappa shape index (κ3) is 5.19. The Morgan fingerprint density at radius 2 is 1.91 bits per heavy atom. The van der Waals surface area contributed by atoms with Gasteiger partial charge in [0.1, 0.15) is 11.9 Å². The quantitative estimate of drug-likeness (QED) is 0.445. The molecule has 4 atom stereocenters. The Morgan fingerprint density at radius 1 is 1.20 bits per heavy atom. The minimum absolute atomic E-state index is 0.0224. The second kappa shape index (κ2) is 9.69. The maximum atomic E-state index is 13.8. The second-order valence-corrected chi connectivity index (χ2v) is 10.8. The topological polar surface area (TPSA) is 59.0 Å². The highest BCUT2D eigenvalue weighted by Gasteiger charge is 2.41. The summed E-state index contributed by atoms with van der Waals surface area (Å²) in [5.74, 6) is 1.02. The van der Waals surface area contributed by atoms with Gasteiger partial charge < -0.3 is 10.6 Å². The first kappa shape index (κ1) is 25.9. The molecule has 1 amide bonds. The summed E-state index contributed by atoms with van der Waals surface area (Å²) < 4.78 is 41.7. The van der Waals surface area contributed by atoms with E-state index in [-0.39, 0.29) is 22.8 Å². The number of amides is 1. The number of hydrogen-bond acceptors (Lipinski definition) is 3. The molecule has 0 radical (unpaired) electrons. The number of halogens is 5. The lowest BCUT2D eigenvalue weighted by Crippen LogP contribution is -2.47. The van der Waals surface area contributed by atoms with E-state index in [4.69, 9.17) is 23.2 Å². The molecule has 0 spiro atoms. The van der Waals surface area contributed by atoms with Crippen molar-refractivity contribution in [3.63, 3.8) is 0 Å². The molecule has 1 aromatic carbocycles. The van der Waals surface area contributed by atoms with Crippen LogP contribution >= 0.6 is 23.2 Å². The fourth-order valence-corrected chi connectivity index (χ4v) is 5.62. The second-order valence-electron chi connectivity index (χ2n) is 10.0. The Kier molecular flexibility index (Phi) is 7.17. The molecule has 4 rings (SSSR count). The summed E-state index contributed by atoms with van der Waals surface area (Å²) in [5, 5.41) is 10.6. The lowest BCUT2D eigenvalue weighted by atomic mass is 9.74. The molecule has 1 fully saturated rings. The van der Waals surface area contributed by atoms with E-state index in [1.807, 2.05) is 0 Å². The molecule has 1 unspecified atom stereocenters. The van der Waals surface area contributed by atoms with Crippen LogP contribution in [0.2, 0.25) is 10.0 Å². The van der Waals surface area contributed by atoms with Crippen LogP contribution in [0.1, 0.15) is 64.3 Å². The van der Waals surface area contributed by atoms with Gasteiger partial charge >= 0.3 is 6.18 Å². The molecule has 1 aliphatic heterocycles. The number of fused-ring (bicyclic) bond motifs is 1. The molecule has 2 heterocycles. The lowest BCUT2D eigenvalue weighted by molar-refractivity contribution is -0.141. The van der Waals surface area contributed by atoms with Crippen LogP contribution in [0.4, 0.5) is 19.0 Å². The smallest absolute Gasteiger partial charge is 0.349 e. The predicted octanol–water partition coefficient (Wildman–Crippen LogP) is 7.07. The highest BCUT2D eigenvalue weighted by molar-refractivity contribution is 6.42. The number of nitrogens with zero attached hydrogens (tertiary/aromatic N) is 2. The van der Waals surface area contributed by atoms with Gasteiger partial charge in [-0.2, -0.15) is 18.3 Å². The Morgan fingerprint density at radius 3 is 2.54 bits per heavy atom. The van der Waals surface area contributed by atoms with Crippen LogP contribution in [0.3, 0.4) is 0 Å². The van der Waals surface area contributed by atoms with E-state index < -0.39 is 17.9 Å². The first-order valence-electron chi connectivity index (χ1n) is 11.8. The lowest BCUT2D eigenvalue weighted by Gasteiger charge is -2.39. The summed E-state index contributed by atoms with van der Waals surface area (Å²) in [4.78, 5) is 13.8. The largest absolute Gasteiger partial charge is 0.435 e. The van der Waals surface area contributed by atoms with Gasteiger partial charge in [0.25, 0.3) is 5.91 Å². The van der Waals surface area contributed by atoms with Crippen LogP contribution in [-0.4, -0.2) is 21.7 Å². The minimum Gasteiger partial charge on any atom is -0.349 e. The zero-order valence-electron chi connectivity index (χ0n) is 20.0. The van der Waals surface area contributed by atoms with E-state index in [1.54, 1.807) is 25.1 Å². The average Bonchev–Trinajstić information content (AvgIpc) is 3.18. The normalized spacial score (nSPS) is 24.9. The fourth-order valence-electron chi connectivity index (χ4n) is 5.31. The molecular weight excluding hydrogens is 500 g/mol. The van der Waals surface area contributed by atoms with Crippen LogP contribution in [0.25, 0.3) is 0 Å². The number of alkyl halides is 3. The zero-order chi connectivity index (χ0) is 25.7. The van der Waals surface area contributed by atoms with Crippen molar-refractivity contribution in [1.29, 1.82) is 0 Å². The number of carbonyl (C=O) groups excluding carboxylic acids is 1. The van der Waals surface area contributed by atoms with Gasteiger partial charge in [-0.15, -0.1) is 0 Å². The van der Waals surface area contributed by atoms with E-state index in [0.717, 1.165) is 25.3 Å². The fraction of sp³-hybridized carbons (Fsp3) is 0.520. The van der Waals surface area contributed by atoms with Crippen LogP contribution < -0.4 is 10.6 Å². The summed E-state index contributed by atoms with van der Waals surface area (Å²) in [6.45, 7) is 8.17.